The summed E-state index contributed by atoms with van der Waals surface area (Å²) in [4.78, 5) is 10.8. The van der Waals surface area contributed by atoms with Crippen LogP contribution in [0.5, 0.6) is 0 Å². The van der Waals surface area contributed by atoms with Crippen molar-refractivity contribution < 1.29 is 9.21 Å². The first-order valence-corrected chi connectivity index (χ1v) is 3.63. The standard InChI is InChI=1S/C9H8O2/c10-9-4-3-7(9)6-8-2-1-5-11-8/h1-2,5-6H,3-4H2/b7-6-. The first-order chi connectivity index (χ1) is 5.36. The maximum atomic E-state index is 10.8. The Hall–Kier alpha value is -1.31. The SMILES string of the molecule is O=C1CC/C1=C/c1ccco1. The van der Waals surface area contributed by atoms with Gasteiger partial charge in [-0.15, -0.1) is 0 Å². The van der Waals surface area contributed by atoms with E-state index in [0.717, 1.165) is 17.8 Å². The third-order valence-corrected chi connectivity index (χ3v) is 1.84. The number of ketones is 1. The smallest absolute Gasteiger partial charge is 0.159 e. The Morgan fingerprint density at radius 2 is 2.36 bits per heavy atom. The molecular weight excluding hydrogens is 140 g/mol. The van der Waals surface area contributed by atoms with Gasteiger partial charge in [0.05, 0.1) is 6.26 Å². The van der Waals surface area contributed by atoms with Gasteiger partial charge in [-0.25, -0.2) is 0 Å². The number of rotatable bonds is 1. The van der Waals surface area contributed by atoms with Gasteiger partial charge in [0.1, 0.15) is 5.76 Å². The summed E-state index contributed by atoms with van der Waals surface area (Å²) in [6.07, 6.45) is 5.02. The molecule has 2 rings (SSSR count). The van der Waals surface area contributed by atoms with E-state index in [9.17, 15) is 4.79 Å². The summed E-state index contributed by atoms with van der Waals surface area (Å²) < 4.78 is 5.06. The van der Waals surface area contributed by atoms with Crippen LogP contribution < -0.4 is 0 Å². The third-order valence-electron chi connectivity index (χ3n) is 1.84. The summed E-state index contributed by atoms with van der Waals surface area (Å²) in [6.45, 7) is 0. The van der Waals surface area contributed by atoms with Crippen LogP contribution >= 0.6 is 0 Å². The van der Waals surface area contributed by atoms with E-state index in [1.807, 2.05) is 18.2 Å². The van der Waals surface area contributed by atoms with E-state index in [0.29, 0.717) is 6.42 Å². The van der Waals surface area contributed by atoms with Crippen molar-refractivity contribution in [2.75, 3.05) is 0 Å². The minimum absolute atomic E-state index is 0.251. The van der Waals surface area contributed by atoms with Crippen molar-refractivity contribution in [1.29, 1.82) is 0 Å². The Balaban J connectivity index is 2.21. The second kappa shape index (κ2) is 2.38. The van der Waals surface area contributed by atoms with Crippen LogP contribution in [0.25, 0.3) is 6.08 Å². The molecule has 1 fully saturated rings. The van der Waals surface area contributed by atoms with Gasteiger partial charge in [0.15, 0.2) is 5.78 Å². The van der Waals surface area contributed by atoms with E-state index < -0.39 is 0 Å². The highest BCUT2D eigenvalue weighted by Crippen LogP contribution is 2.23. The fraction of sp³-hybridized carbons (Fsp3) is 0.222. The number of allylic oxidation sites excluding steroid dienone is 1. The van der Waals surface area contributed by atoms with Gasteiger partial charge in [0.2, 0.25) is 0 Å². The normalized spacial score (nSPS) is 20.4. The number of hydrogen-bond donors (Lipinski definition) is 0. The molecule has 1 aromatic rings. The summed E-state index contributed by atoms with van der Waals surface area (Å²) in [6, 6.07) is 3.66. The van der Waals surface area contributed by atoms with Crippen molar-refractivity contribution in [3.63, 3.8) is 0 Å². The van der Waals surface area contributed by atoms with Crippen molar-refractivity contribution in [2.45, 2.75) is 12.8 Å². The maximum Gasteiger partial charge on any atom is 0.159 e. The van der Waals surface area contributed by atoms with Crippen molar-refractivity contribution >= 4 is 11.9 Å². The van der Waals surface area contributed by atoms with Crippen LogP contribution in [0.3, 0.4) is 0 Å². The second-order valence-corrected chi connectivity index (χ2v) is 2.61. The number of carbonyl (C=O) groups excluding carboxylic acids is 1. The van der Waals surface area contributed by atoms with Gasteiger partial charge < -0.3 is 4.42 Å². The van der Waals surface area contributed by atoms with Crippen LogP contribution in [0, 0.1) is 0 Å². The molecule has 0 amide bonds. The average molecular weight is 148 g/mol. The van der Waals surface area contributed by atoms with Crippen LogP contribution in [0.2, 0.25) is 0 Å². The molecule has 0 atom stereocenters. The molecule has 1 aliphatic carbocycles. The number of Topliss-reactive ketones (excluding diaryl/α,β-unsaturated/α-hetero) is 1. The summed E-state index contributed by atoms with van der Waals surface area (Å²) in [7, 11) is 0. The van der Waals surface area contributed by atoms with Gasteiger partial charge in [0.25, 0.3) is 0 Å². The highest BCUT2D eigenvalue weighted by molar-refractivity contribution is 6.05. The molecule has 1 aromatic heterocycles. The second-order valence-electron chi connectivity index (χ2n) is 2.61. The quantitative estimate of drug-likeness (QED) is 0.570. The van der Waals surface area contributed by atoms with Crippen molar-refractivity contribution in [1.82, 2.24) is 0 Å². The minimum Gasteiger partial charge on any atom is -0.465 e. The summed E-state index contributed by atoms with van der Waals surface area (Å²) in [5.41, 5.74) is 0.889. The molecule has 0 aromatic carbocycles. The van der Waals surface area contributed by atoms with Crippen LogP contribution in [0.4, 0.5) is 0 Å². The molecule has 2 nitrogen and oxygen atoms in total. The lowest BCUT2D eigenvalue weighted by atomic mass is 9.90. The van der Waals surface area contributed by atoms with Crippen LogP contribution in [-0.2, 0) is 4.79 Å². The topological polar surface area (TPSA) is 30.2 Å². The molecule has 0 bridgehead atoms. The highest BCUT2D eigenvalue weighted by Gasteiger charge is 2.19. The molecule has 0 unspecified atom stereocenters. The van der Waals surface area contributed by atoms with Crippen LogP contribution in [0.1, 0.15) is 18.6 Å². The zero-order chi connectivity index (χ0) is 7.68. The van der Waals surface area contributed by atoms with E-state index >= 15 is 0 Å². The lowest BCUT2D eigenvalue weighted by Crippen LogP contribution is -2.13. The Kier molecular flexibility index (Phi) is 1.39. The predicted molar refractivity (Wildman–Crippen MR) is 40.9 cm³/mol. The van der Waals surface area contributed by atoms with Crippen molar-refractivity contribution in [3.8, 4) is 0 Å². The van der Waals surface area contributed by atoms with Crippen molar-refractivity contribution in [2.24, 2.45) is 0 Å². The lowest BCUT2D eigenvalue weighted by molar-refractivity contribution is -0.118. The largest absolute Gasteiger partial charge is 0.465 e. The number of carbonyl (C=O) groups is 1. The van der Waals surface area contributed by atoms with Crippen LogP contribution in [0.15, 0.2) is 28.4 Å². The zero-order valence-electron chi connectivity index (χ0n) is 6.04. The molecule has 56 valence electrons. The van der Waals surface area contributed by atoms with E-state index in [-0.39, 0.29) is 5.78 Å². The van der Waals surface area contributed by atoms with E-state index in [1.165, 1.54) is 0 Å². The first-order valence-electron chi connectivity index (χ1n) is 3.63. The Morgan fingerprint density at radius 3 is 2.82 bits per heavy atom. The van der Waals surface area contributed by atoms with Gasteiger partial charge in [-0.3, -0.25) is 4.79 Å². The molecule has 0 aliphatic heterocycles. The van der Waals surface area contributed by atoms with Gasteiger partial charge in [0, 0.05) is 6.42 Å². The van der Waals surface area contributed by atoms with E-state index in [1.54, 1.807) is 6.26 Å². The van der Waals surface area contributed by atoms with Gasteiger partial charge >= 0.3 is 0 Å². The van der Waals surface area contributed by atoms with E-state index in [2.05, 4.69) is 0 Å². The fourth-order valence-electron chi connectivity index (χ4n) is 1.07. The summed E-state index contributed by atoms with van der Waals surface area (Å²) in [5, 5.41) is 0. The highest BCUT2D eigenvalue weighted by atomic mass is 16.3. The predicted octanol–water partition coefficient (Wildman–Crippen LogP) is 2.03. The Labute approximate surface area is 64.5 Å². The molecule has 0 saturated heterocycles. The molecule has 0 radical (unpaired) electrons. The fourth-order valence-corrected chi connectivity index (χ4v) is 1.07. The van der Waals surface area contributed by atoms with Gasteiger partial charge in [-0.05, 0) is 30.2 Å². The average Bonchev–Trinajstić information content (AvgIpc) is 2.49. The third kappa shape index (κ3) is 1.11. The summed E-state index contributed by atoms with van der Waals surface area (Å²) in [5.74, 6) is 1.02. The zero-order valence-corrected chi connectivity index (χ0v) is 6.04. The van der Waals surface area contributed by atoms with E-state index in [4.69, 9.17) is 4.42 Å². The Bertz CT molecular complexity index is 293. The number of furan rings is 1. The van der Waals surface area contributed by atoms with Crippen molar-refractivity contribution in [3.05, 3.63) is 29.7 Å². The van der Waals surface area contributed by atoms with Crippen LogP contribution in [-0.4, -0.2) is 5.78 Å². The number of hydrogen-bond acceptors (Lipinski definition) is 2. The maximum absolute atomic E-state index is 10.8. The molecule has 1 saturated carbocycles. The summed E-state index contributed by atoms with van der Waals surface area (Å²) >= 11 is 0. The lowest BCUT2D eigenvalue weighted by Gasteiger charge is -2.13. The molecule has 1 heterocycles. The molecule has 1 aliphatic rings. The molecule has 0 N–H and O–H groups in total. The minimum atomic E-state index is 0.251. The molecular formula is C9H8O2. The van der Waals surface area contributed by atoms with Gasteiger partial charge in [-0.2, -0.15) is 0 Å². The monoisotopic (exact) mass is 148 g/mol. The molecule has 0 spiro atoms. The molecule has 11 heavy (non-hydrogen) atoms. The van der Waals surface area contributed by atoms with Gasteiger partial charge in [-0.1, -0.05) is 0 Å². The Morgan fingerprint density at radius 1 is 1.45 bits per heavy atom. The first kappa shape index (κ1) is 6.40. The molecule has 2 heteroatoms.